The third-order valence-electron chi connectivity index (χ3n) is 2.81. The van der Waals surface area contributed by atoms with Crippen LogP contribution in [-0.2, 0) is 10.9 Å². The third kappa shape index (κ3) is 2.98. The smallest absolute Gasteiger partial charge is 0.371 e. The van der Waals surface area contributed by atoms with Crippen molar-refractivity contribution in [3.05, 3.63) is 35.4 Å². The van der Waals surface area contributed by atoms with Gasteiger partial charge in [0.1, 0.15) is 0 Å². The van der Waals surface area contributed by atoms with Crippen molar-refractivity contribution in [2.45, 2.75) is 25.2 Å². The Bertz CT molecular complexity index is 366. The minimum Gasteiger partial charge on any atom is -0.371 e. The zero-order chi connectivity index (χ0) is 12.5. The minimum atomic E-state index is -4.28. The van der Waals surface area contributed by atoms with Gasteiger partial charge in [-0.15, -0.1) is 0 Å². The van der Waals surface area contributed by atoms with Crippen LogP contribution in [0.5, 0.6) is 0 Å². The molecule has 1 aliphatic rings. The van der Waals surface area contributed by atoms with Gasteiger partial charge in [0.25, 0.3) is 0 Å². The number of halogens is 3. The molecule has 0 aromatic heterocycles. The highest BCUT2D eigenvalue weighted by Crippen LogP contribution is 2.30. The monoisotopic (exact) mass is 245 g/mol. The molecule has 1 heterocycles. The van der Waals surface area contributed by atoms with E-state index >= 15 is 0 Å². The van der Waals surface area contributed by atoms with Crippen LogP contribution in [0, 0.1) is 0 Å². The molecule has 0 unspecified atom stereocenters. The number of ether oxygens (including phenoxy) is 1. The lowest BCUT2D eigenvalue weighted by Crippen LogP contribution is -2.40. The van der Waals surface area contributed by atoms with Gasteiger partial charge < -0.3 is 10.1 Å². The maximum Gasteiger partial charge on any atom is 0.416 e. The Kier molecular flexibility index (Phi) is 3.40. The Balaban J connectivity index is 2.08. The average Bonchev–Trinajstić information content (AvgIpc) is 2.29. The van der Waals surface area contributed by atoms with Gasteiger partial charge in [-0.2, -0.15) is 13.2 Å². The number of hydrogen-bond donors (Lipinski definition) is 1. The molecule has 2 atom stereocenters. The molecule has 0 radical (unpaired) electrons. The van der Waals surface area contributed by atoms with Gasteiger partial charge in [0.15, 0.2) is 0 Å². The Labute approximate surface area is 97.8 Å². The molecule has 5 heteroatoms. The fourth-order valence-corrected chi connectivity index (χ4v) is 1.79. The fraction of sp³-hybridized carbons (Fsp3) is 0.500. The first-order valence-electron chi connectivity index (χ1n) is 5.49. The summed E-state index contributed by atoms with van der Waals surface area (Å²) in [6.07, 6.45) is -4.44. The Morgan fingerprint density at radius 1 is 1.24 bits per heavy atom. The molecule has 1 saturated heterocycles. The lowest BCUT2D eigenvalue weighted by molar-refractivity contribution is -0.137. The van der Waals surface area contributed by atoms with E-state index in [9.17, 15) is 13.2 Å². The Morgan fingerprint density at radius 3 is 2.35 bits per heavy atom. The second kappa shape index (κ2) is 4.66. The Hall–Kier alpha value is -1.07. The standard InChI is InChI=1S/C12H14F3NO/c1-8-7-17-11(6-16-8)9-2-4-10(5-3-9)12(13,14)15/h2-5,8,11,16H,6-7H2,1H3/t8-,11-/m1/s1. The molecule has 0 aliphatic carbocycles. The van der Waals surface area contributed by atoms with Crippen molar-refractivity contribution < 1.29 is 17.9 Å². The second-order valence-corrected chi connectivity index (χ2v) is 4.25. The molecule has 2 nitrogen and oxygen atoms in total. The number of benzene rings is 1. The second-order valence-electron chi connectivity index (χ2n) is 4.25. The van der Waals surface area contributed by atoms with Crippen molar-refractivity contribution in [1.82, 2.24) is 5.32 Å². The van der Waals surface area contributed by atoms with Crippen LogP contribution in [0.1, 0.15) is 24.2 Å². The Morgan fingerprint density at radius 2 is 1.88 bits per heavy atom. The lowest BCUT2D eigenvalue weighted by Gasteiger charge is -2.28. The van der Waals surface area contributed by atoms with E-state index in [1.165, 1.54) is 12.1 Å². The summed E-state index contributed by atoms with van der Waals surface area (Å²) in [5.41, 5.74) is 0.149. The van der Waals surface area contributed by atoms with Gasteiger partial charge in [-0.1, -0.05) is 12.1 Å². The van der Waals surface area contributed by atoms with Crippen molar-refractivity contribution in [3.8, 4) is 0 Å². The summed E-state index contributed by atoms with van der Waals surface area (Å²) in [6.45, 7) is 3.21. The molecule has 2 rings (SSSR count). The summed E-state index contributed by atoms with van der Waals surface area (Å²) in [5, 5.41) is 3.23. The van der Waals surface area contributed by atoms with E-state index < -0.39 is 11.7 Å². The summed E-state index contributed by atoms with van der Waals surface area (Å²) in [5.74, 6) is 0. The molecule has 0 amide bonds. The fourth-order valence-electron chi connectivity index (χ4n) is 1.79. The van der Waals surface area contributed by atoms with Crippen molar-refractivity contribution in [3.63, 3.8) is 0 Å². The molecule has 1 N–H and O–H groups in total. The van der Waals surface area contributed by atoms with Crippen molar-refractivity contribution >= 4 is 0 Å². The van der Waals surface area contributed by atoms with E-state index in [-0.39, 0.29) is 6.10 Å². The molecule has 1 aromatic carbocycles. The van der Waals surface area contributed by atoms with Crippen molar-refractivity contribution in [2.75, 3.05) is 13.2 Å². The molecular weight excluding hydrogens is 231 g/mol. The molecule has 0 bridgehead atoms. The predicted molar refractivity (Wildman–Crippen MR) is 57.6 cm³/mol. The quantitative estimate of drug-likeness (QED) is 0.821. The highest BCUT2D eigenvalue weighted by molar-refractivity contribution is 5.26. The zero-order valence-corrected chi connectivity index (χ0v) is 9.42. The average molecular weight is 245 g/mol. The van der Waals surface area contributed by atoms with Crippen LogP contribution in [0.2, 0.25) is 0 Å². The SMILES string of the molecule is C[C@@H]1CO[C@@H](c2ccc(C(F)(F)F)cc2)CN1. The summed E-state index contributed by atoms with van der Waals surface area (Å²) in [7, 11) is 0. The predicted octanol–water partition coefficient (Wildman–Crippen LogP) is 2.75. The van der Waals surface area contributed by atoms with Crippen LogP contribution in [0.4, 0.5) is 13.2 Å². The van der Waals surface area contributed by atoms with Crippen LogP contribution in [0.15, 0.2) is 24.3 Å². The van der Waals surface area contributed by atoms with E-state index in [1.54, 1.807) is 0 Å². The molecule has 1 aliphatic heterocycles. The minimum absolute atomic E-state index is 0.159. The number of nitrogens with one attached hydrogen (secondary N) is 1. The first-order chi connectivity index (χ1) is 7.97. The van der Waals surface area contributed by atoms with Gasteiger partial charge >= 0.3 is 6.18 Å². The summed E-state index contributed by atoms with van der Waals surface area (Å²) >= 11 is 0. The molecular formula is C12H14F3NO. The molecule has 1 aromatic rings. The van der Waals surface area contributed by atoms with E-state index in [4.69, 9.17) is 4.74 Å². The van der Waals surface area contributed by atoms with Crippen molar-refractivity contribution in [2.24, 2.45) is 0 Å². The highest BCUT2D eigenvalue weighted by Gasteiger charge is 2.30. The lowest BCUT2D eigenvalue weighted by atomic mass is 10.1. The van der Waals surface area contributed by atoms with E-state index in [2.05, 4.69) is 5.32 Å². The van der Waals surface area contributed by atoms with Crippen LogP contribution in [-0.4, -0.2) is 19.2 Å². The van der Waals surface area contributed by atoms with Gasteiger partial charge in [-0.25, -0.2) is 0 Å². The summed E-state index contributed by atoms with van der Waals surface area (Å²) in [4.78, 5) is 0. The van der Waals surface area contributed by atoms with Crippen LogP contribution in [0.3, 0.4) is 0 Å². The number of rotatable bonds is 1. The van der Waals surface area contributed by atoms with Crippen LogP contribution in [0.25, 0.3) is 0 Å². The van der Waals surface area contributed by atoms with Crippen LogP contribution >= 0.6 is 0 Å². The largest absolute Gasteiger partial charge is 0.416 e. The summed E-state index contributed by atoms with van der Waals surface area (Å²) in [6, 6.07) is 5.43. The first-order valence-corrected chi connectivity index (χ1v) is 5.49. The van der Waals surface area contributed by atoms with Crippen molar-refractivity contribution in [1.29, 1.82) is 0 Å². The maximum atomic E-state index is 12.4. The van der Waals surface area contributed by atoms with E-state index in [0.29, 0.717) is 19.2 Å². The van der Waals surface area contributed by atoms with Gasteiger partial charge in [0.2, 0.25) is 0 Å². The topological polar surface area (TPSA) is 21.3 Å². The number of hydrogen-bond acceptors (Lipinski definition) is 2. The zero-order valence-electron chi connectivity index (χ0n) is 9.42. The normalized spacial score (nSPS) is 25.9. The summed E-state index contributed by atoms with van der Waals surface area (Å²) < 4.78 is 42.7. The molecule has 17 heavy (non-hydrogen) atoms. The molecule has 0 saturated carbocycles. The van der Waals surface area contributed by atoms with Gasteiger partial charge in [-0.05, 0) is 24.6 Å². The van der Waals surface area contributed by atoms with Crippen LogP contribution < -0.4 is 5.32 Å². The maximum absolute atomic E-state index is 12.4. The highest BCUT2D eigenvalue weighted by atomic mass is 19.4. The van der Waals surface area contributed by atoms with E-state index in [1.807, 2.05) is 6.92 Å². The molecule has 1 fully saturated rings. The molecule has 0 spiro atoms. The van der Waals surface area contributed by atoms with Gasteiger partial charge in [-0.3, -0.25) is 0 Å². The van der Waals surface area contributed by atoms with Gasteiger partial charge in [0.05, 0.1) is 18.3 Å². The van der Waals surface area contributed by atoms with E-state index in [0.717, 1.165) is 17.7 Å². The number of morpholine rings is 1. The van der Waals surface area contributed by atoms with Gasteiger partial charge in [0, 0.05) is 12.6 Å². The molecule has 94 valence electrons. The first kappa shape index (κ1) is 12.4. The number of alkyl halides is 3. The third-order valence-corrected chi connectivity index (χ3v) is 2.81.